The number of urea groups is 1. The van der Waals surface area contributed by atoms with Crippen LogP contribution in [0.15, 0.2) is 34.7 Å². The first-order valence-electron chi connectivity index (χ1n) is 8.94. The molecule has 1 aliphatic heterocycles. The fraction of sp³-hybridized carbons (Fsp3) is 0.474. The molecule has 4 rings (SSSR count). The van der Waals surface area contributed by atoms with Crippen LogP contribution in [-0.2, 0) is 4.79 Å². The van der Waals surface area contributed by atoms with Gasteiger partial charge in [0.15, 0.2) is 0 Å². The number of benzene rings is 1. The topological polar surface area (TPSA) is 65.8 Å². The van der Waals surface area contributed by atoms with Crippen LogP contribution in [0.2, 0.25) is 0 Å². The van der Waals surface area contributed by atoms with Crippen molar-refractivity contribution < 1.29 is 14.0 Å². The Bertz CT molecular complexity index is 755. The summed E-state index contributed by atoms with van der Waals surface area (Å²) in [7, 11) is 0. The van der Waals surface area contributed by atoms with Gasteiger partial charge in [-0.05, 0) is 31.9 Å². The van der Waals surface area contributed by atoms with E-state index in [4.69, 9.17) is 4.42 Å². The van der Waals surface area contributed by atoms with Gasteiger partial charge in [-0.15, -0.1) is 0 Å². The molecule has 6 nitrogen and oxygen atoms in total. The summed E-state index contributed by atoms with van der Waals surface area (Å²) in [4.78, 5) is 28.2. The molecule has 1 aliphatic carbocycles. The molecular weight excluding hydrogens is 318 g/mol. The highest BCUT2D eigenvalue weighted by Crippen LogP contribution is 2.31. The van der Waals surface area contributed by atoms with Gasteiger partial charge in [0.05, 0.1) is 6.04 Å². The molecule has 25 heavy (non-hydrogen) atoms. The molecule has 2 aromatic rings. The lowest BCUT2D eigenvalue weighted by Gasteiger charge is -2.35. The Morgan fingerprint density at radius 3 is 2.48 bits per heavy atom. The van der Waals surface area contributed by atoms with Gasteiger partial charge in [0, 0.05) is 37.5 Å². The molecule has 1 saturated heterocycles. The molecule has 3 amide bonds. The Morgan fingerprint density at radius 1 is 1.12 bits per heavy atom. The molecule has 1 aromatic heterocycles. The summed E-state index contributed by atoms with van der Waals surface area (Å²) in [5.74, 6) is 1.25. The molecule has 2 aliphatic rings. The largest absolute Gasteiger partial charge is 0.459 e. The third-order valence-electron chi connectivity index (χ3n) is 5.02. The van der Waals surface area contributed by atoms with E-state index in [0.29, 0.717) is 26.2 Å². The Kier molecular flexibility index (Phi) is 4.11. The first kappa shape index (κ1) is 16.0. The van der Waals surface area contributed by atoms with Crippen molar-refractivity contribution in [1.29, 1.82) is 0 Å². The number of nitrogens with one attached hydrogen (secondary N) is 1. The van der Waals surface area contributed by atoms with E-state index in [-0.39, 0.29) is 23.9 Å². The van der Waals surface area contributed by atoms with Gasteiger partial charge in [0.1, 0.15) is 11.3 Å². The van der Waals surface area contributed by atoms with E-state index in [9.17, 15) is 9.59 Å². The number of hydrogen-bond donors (Lipinski definition) is 1. The van der Waals surface area contributed by atoms with Crippen LogP contribution in [-0.4, -0.2) is 47.9 Å². The molecule has 1 N–H and O–H groups in total. The van der Waals surface area contributed by atoms with Crippen molar-refractivity contribution >= 4 is 22.9 Å². The lowest BCUT2D eigenvalue weighted by atomic mass is 10.2. The zero-order chi connectivity index (χ0) is 17.4. The normalized spacial score (nSPS) is 19.1. The summed E-state index contributed by atoms with van der Waals surface area (Å²) in [6, 6.07) is 9.47. The number of piperazine rings is 1. The average molecular weight is 341 g/mol. The Balaban J connectivity index is 1.33. The van der Waals surface area contributed by atoms with Crippen LogP contribution >= 0.6 is 0 Å². The smallest absolute Gasteiger partial charge is 0.318 e. The third kappa shape index (κ3) is 3.34. The summed E-state index contributed by atoms with van der Waals surface area (Å²) < 4.78 is 5.81. The van der Waals surface area contributed by atoms with Crippen molar-refractivity contribution in [3.63, 3.8) is 0 Å². The van der Waals surface area contributed by atoms with Crippen LogP contribution < -0.4 is 5.32 Å². The van der Waals surface area contributed by atoms with Crippen LogP contribution in [0.4, 0.5) is 4.79 Å². The molecular formula is C19H23N3O3. The van der Waals surface area contributed by atoms with Gasteiger partial charge < -0.3 is 19.5 Å². The minimum absolute atomic E-state index is 0.105. The molecule has 6 heteroatoms. The first-order chi connectivity index (χ1) is 12.1. The van der Waals surface area contributed by atoms with Gasteiger partial charge in [-0.3, -0.25) is 4.79 Å². The van der Waals surface area contributed by atoms with Gasteiger partial charge in [0.25, 0.3) is 0 Å². The van der Waals surface area contributed by atoms with E-state index >= 15 is 0 Å². The van der Waals surface area contributed by atoms with Crippen LogP contribution in [0.5, 0.6) is 0 Å². The maximum Gasteiger partial charge on any atom is 0.318 e. The second kappa shape index (κ2) is 6.43. The summed E-state index contributed by atoms with van der Waals surface area (Å²) in [6.45, 7) is 4.33. The van der Waals surface area contributed by atoms with Gasteiger partial charge in [0.2, 0.25) is 5.91 Å². The highest BCUT2D eigenvalue weighted by Gasteiger charge is 2.35. The zero-order valence-corrected chi connectivity index (χ0v) is 14.4. The second-order valence-electron chi connectivity index (χ2n) is 6.94. The monoisotopic (exact) mass is 341 g/mol. The quantitative estimate of drug-likeness (QED) is 0.933. The molecule has 0 spiro atoms. The van der Waals surface area contributed by atoms with E-state index in [0.717, 1.165) is 29.6 Å². The predicted octanol–water partition coefficient (Wildman–Crippen LogP) is 2.76. The molecule has 2 fully saturated rings. The predicted molar refractivity (Wildman–Crippen MR) is 94.0 cm³/mol. The molecule has 0 bridgehead atoms. The van der Waals surface area contributed by atoms with Crippen molar-refractivity contribution in [3.05, 3.63) is 36.1 Å². The Hall–Kier alpha value is -2.50. The molecule has 1 saturated carbocycles. The SMILES string of the molecule is C[C@H](NC(=O)N1CCN(C(=O)C2CC2)CC1)c1cc2ccccc2o1. The zero-order valence-electron chi connectivity index (χ0n) is 14.4. The molecule has 2 heterocycles. The van der Waals surface area contributed by atoms with Gasteiger partial charge in [-0.1, -0.05) is 18.2 Å². The molecule has 132 valence electrons. The van der Waals surface area contributed by atoms with Crippen molar-refractivity contribution in [2.75, 3.05) is 26.2 Å². The van der Waals surface area contributed by atoms with Gasteiger partial charge in [-0.2, -0.15) is 0 Å². The van der Waals surface area contributed by atoms with E-state index in [1.165, 1.54) is 0 Å². The fourth-order valence-electron chi connectivity index (χ4n) is 3.28. The van der Waals surface area contributed by atoms with Crippen LogP contribution in [0, 0.1) is 5.92 Å². The van der Waals surface area contributed by atoms with Crippen LogP contribution in [0.1, 0.15) is 31.6 Å². The number of furan rings is 1. The van der Waals surface area contributed by atoms with Gasteiger partial charge >= 0.3 is 6.03 Å². The first-order valence-corrected chi connectivity index (χ1v) is 8.94. The number of rotatable bonds is 3. The van der Waals surface area contributed by atoms with Crippen molar-refractivity contribution in [3.8, 4) is 0 Å². The summed E-state index contributed by atoms with van der Waals surface area (Å²) in [6.07, 6.45) is 2.04. The maximum absolute atomic E-state index is 12.5. The standard InChI is InChI=1S/C19H23N3O3/c1-13(17-12-15-4-2-3-5-16(15)25-17)20-19(24)22-10-8-21(9-11-22)18(23)14-6-7-14/h2-5,12-14H,6-11H2,1H3,(H,20,24)/t13-/m0/s1. The second-order valence-corrected chi connectivity index (χ2v) is 6.94. The van der Waals surface area contributed by atoms with Gasteiger partial charge in [-0.25, -0.2) is 4.79 Å². The van der Waals surface area contributed by atoms with E-state index in [2.05, 4.69) is 5.32 Å². The number of hydrogen-bond acceptors (Lipinski definition) is 3. The minimum atomic E-state index is -0.203. The van der Waals surface area contributed by atoms with Crippen molar-refractivity contribution in [2.45, 2.75) is 25.8 Å². The highest BCUT2D eigenvalue weighted by atomic mass is 16.3. The average Bonchev–Trinajstić information content (AvgIpc) is 3.39. The molecule has 1 atom stereocenters. The number of nitrogens with zero attached hydrogens (tertiary/aromatic N) is 2. The maximum atomic E-state index is 12.5. The molecule has 0 unspecified atom stereocenters. The number of carbonyl (C=O) groups is 2. The lowest BCUT2D eigenvalue weighted by molar-refractivity contribution is -0.133. The third-order valence-corrected chi connectivity index (χ3v) is 5.02. The Morgan fingerprint density at radius 2 is 1.80 bits per heavy atom. The Labute approximate surface area is 146 Å². The van der Waals surface area contributed by atoms with Crippen LogP contribution in [0.3, 0.4) is 0 Å². The minimum Gasteiger partial charge on any atom is -0.459 e. The van der Waals surface area contributed by atoms with E-state index in [1.54, 1.807) is 4.90 Å². The lowest BCUT2D eigenvalue weighted by Crippen LogP contribution is -2.53. The van der Waals surface area contributed by atoms with Crippen LogP contribution in [0.25, 0.3) is 11.0 Å². The number of carbonyl (C=O) groups excluding carboxylic acids is 2. The van der Waals surface area contributed by atoms with Crippen molar-refractivity contribution in [1.82, 2.24) is 15.1 Å². The number of fused-ring (bicyclic) bond motifs is 1. The number of amides is 3. The van der Waals surface area contributed by atoms with Crippen molar-refractivity contribution in [2.24, 2.45) is 5.92 Å². The summed E-state index contributed by atoms with van der Waals surface area (Å²) in [5.41, 5.74) is 0.825. The van der Waals surface area contributed by atoms with E-state index < -0.39 is 0 Å². The summed E-state index contributed by atoms with van der Waals surface area (Å²) in [5, 5.41) is 4.03. The molecule has 1 aromatic carbocycles. The number of para-hydroxylation sites is 1. The van der Waals surface area contributed by atoms with E-state index in [1.807, 2.05) is 42.2 Å². The fourth-order valence-corrected chi connectivity index (χ4v) is 3.28. The highest BCUT2D eigenvalue weighted by molar-refractivity contribution is 5.82. The molecule has 0 radical (unpaired) electrons. The summed E-state index contributed by atoms with van der Waals surface area (Å²) >= 11 is 0.